The smallest absolute Gasteiger partial charge is 0.141 e. The number of likely N-dealkylation sites (tertiary alicyclic amines) is 1. The minimum atomic E-state index is -0.964. The second-order valence-corrected chi connectivity index (χ2v) is 3.34. The van der Waals surface area contributed by atoms with Crippen molar-refractivity contribution >= 4 is 0 Å². The lowest BCUT2D eigenvalue weighted by molar-refractivity contribution is 0.167. The van der Waals surface area contributed by atoms with Gasteiger partial charge >= 0.3 is 0 Å². The first kappa shape index (κ1) is 6.55. The van der Waals surface area contributed by atoms with Gasteiger partial charge in [0, 0.05) is 32.1 Å². The predicted molar refractivity (Wildman–Crippen MR) is 37.1 cm³/mol. The van der Waals surface area contributed by atoms with E-state index in [2.05, 4.69) is 5.32 Å². The first-order chi connectivity index (χ1) is 4.71. The molecular formula is C7H12FN2. The molecule has 57 valence electrons. The van der Waals surface area contributed by atoms with E-state index in [0.717, 1.165) is 6.54 Å². The maximum absolute atomic E-state index is 13.6. The van der Waals surface area contributed by atoms with Crippen LogP contribution in [-0.2, 0) is 0 Å². The molecule has 0 aliphatic carbocycles. The van der Waals surface area contributed by atoms with Gasteiger partial charge in [-0.05, 0) is 7.05 Å². The minimum Gasteiger partial charge on any atom is -0.313 e. The van der Waals surface area contributed by atoms with Crippen LogP contribution in [0.15, 0.2) is 0 Å². The van der Waals surface area contributed by atoms with Crippen LogP contribution in [0.3, 0.4) is 0 Å². The van der Waals surface area contributed by atoms with Crippen LogP contribution in [0.4, 0.5) is 4.39 Å². The summed E-state index contributed by atoms with van der Waals surface area (Å²) in [7, 11) is 1.93. The number of hydrogen-bond acceptors (Lipinski definition) is 2. The number of nitrogens with zero attached hydrogens (tertiary/aromatic N) is 1. The molecule has 2 aliphatic heterocycles. The Morgan fingerprint density at radius 1 is 1.80 bits per heavy atom. The summed E-state index contributed by atoms with van der Waals surface area (Å²) < 4.78 is 13.6. The number of nitrogens with one attached hydrogen (secondary N) is 1. The van der Waals surface area contributed by atoms with Crippen LogP contribution >= 0.6 is 0 Å². The van der Waals surface area contributed by atoms with Crippen LogP contribution in [0.25, 0.3) is 0 Å². The molecule has 0 bridgehead atoms. The molecule has 10 heavy (non-hydrogen) atoms. The zero-order valence-electron chi connectivity index (χ0n) is 6.10. The van der Waals surface area contributed by atoms with Crippen molar-refractivity contribution in [2.75, 3.05) is 26.7 Å². The molecule has 0 saturated carbocycles. The Labute approximate surface area is 60.4 Å². The molecule has 2 aliphatic rings. The third kappa shape index (κ3) is 0.772. The second-order valence-electron chi connectivity index (χ2n) is 3.34. The zero-order valence-corrected chi connectivity index (χ0v) is 6.10. The number of fused-ring (bicyclic) bond motifs is 1. The fourth-order valence-electron chi connectivity index (χ4n) is 1.88. The van der Waals surface area contributed by atoms with E-state index in [1.807, 2.05) is 18.5 Å². The lowest BCUT2D eigenvalue weighted by Crippen LogP contribution is -2.33. The maximum atomic E-state index is 13.6. The van der Waals surface area contributed by atoms with Gasteiger partial charge in [-0.2, -0.15) is 0 Å². The number of alkyl halides is 1. The third-order valence-electron chi connectivity index (χ3n) is 2.39. The van der Waals surface area contributed by atoms with Gasteiger partial charge in [0.15, 0.2) is 0 Å². The van der Waals surface area contributed by atoms with Crippen molar-refractivity contribution < 1.29 is 4.39 Å². The highest BCUT2D eigenvalue weighted by Crippen LogP contribution is 2.35. The Bertz CT molecular complexity index is 151. The van der Waals surface area contributed by atoms with Crippen LogP contribution in [0.2, 0.25) is 0 Å². The van der Waals surface area contributed by atoms with E-state index in [1.54, 1.807) is 0 Å². The standard InChI is InChI=1S/C7H12FN2/c1-10-3-6-2-9-4-7(6,8)5-10/h3,6,9H,2,4-5H2,1H3. The van der Waals surface area contributed by atoms with Crippen LogP contribution in [0.1, 0.15) is 0 Å². The highest BCUT2D eigenvalue weighted by atomic mass is 19.1. The van der Waals surface area contributed by atoms with Crippen molar-refractivity contribution in [1.82, 2.24) is 10.2 Å². The molecule has 1 N–H and O–H groups in total. The molecule has 2 heterocycles. The molecule has 2 fully saturated rings. The van der Waals surface area contributed by atoms with Crippen molar-refractivity contribution in [3.05, 3.63) is 6.54 Å². The van der Waals surface area contributed by atoms with E-state index in [-0.39, 0.29) is 5.92 Å². The van der Waals surface area contributed by atoms with Gasteiger partial charge in [0.2, 0.25) is 0 Å². The van der Waals surface area contributed by atoms with Gasteiger partial charge in [-0.3, -0.25) is 4.90 Å². The maximum Gasteiger partial charge on any atom is 0.141 e. The summed E-state index contributed by atoms with van der Waals surface area (Å²) in [5.74, 6) is 0.123. The molecule has 2 atom stereocenters. The van der Waals surface area contributed by atoms with Crippen molar-refractivity contribution in [3.63, 3.8) is 0 Å². The molecule has 2 nitrogen and oxygen atoms in total. The van der Waals surface area contributed by atoms with Gasteiger partial charge in [0.25, 0.3) is 0 Å². The molecule has 0 amide bonds. The van der Waals surface area contributed by atoms with Gasteiger partial charge in [0.05, 0.1) is 0 Å². The lowest BCUT2D eigenvalue weighted by Gasteiger charge is -2.15. The fraction of sp³-hybridized carbons (Fsp3) is 0.857. The van der Waals surface area contributed by atoms with E-state index < -0.39 is 5.67 Å². The summed E-state index contributed by atoms with van der Waals surface area (Å²) >= 11 is 0. The molecule has 2 unspecified atom stereocenters. The van der Waals surface area contributed by atoms with Crippen LogP contribution in [0.5, 0.6) is 0 Å². The van der Waals surface area contributed by atoms with Gasteiger partial charge in [0.1, 0.15) is 5.67 Å². The molecule has 2 saturated heterocycles. The summed E-state index contributed by atoms with van der Waals surface area (Å²) in [4.78, 5) is 1.95. The average molecular weight is 143 g/mol. The van der Waals surface area contributed by atoms with E-state index in [0.29, 0.717) is 13.1 Å². The van der Waals surface area contributed by atoms with E-state index in [4.69, 9.17) is 0 Å². The predicted octanol–water partition coefficient (Wildman–Crippen LogP) is 0.0213. The van der Waals surface area contributed by atoms with Crippen molar-refractivity contribution in [3.8, 4) is 0 Å². The van der Waals surface area contributed by atoms with Gasteiger partial charge in [-0.25, -0.2) is 4.39 Å². The first-order valence-corrected chi connectivity index (χ1v) is 3.66. The van der Waals surface area contributed by atoms with Crippen LogP contribution < -0.4 is 5.32 Å². The Balaban J connectivity index is 2.15. The monoisotopic (exact) mass is 143 g/mol. The first-order valence-electron chi connectivity index (χ1n) is 3.66. The molecule has 2 rings (SSSR count). The highest BCUT2D eigenvalue weighted by molar-refractivity contribution is 5.08. The molecular weight excluding hydrogens is 131 g/mol. The van der Waals surface area contributed by atoms with E-state index >= 15 is 0 Å². The summed E-state index contributed by atoms with van der Waals surface area (Å²) in [6.07, 6.45) is 0. The van der Waals surface area contributed by atoms with Gasteiger partial charge in [-0.15, -0.1) is 0 Å². The molecule has 0 aromatic carbocycles. The summed E-state index contributed by atoms with van der Waals surface area (Å²) in [6.45, 7) is 3.88. The van der Waals surface area contributed by atoms with Crippen LogP contribution in [-0.4, -0.2) is 37.3 Å². The Hall–Kier alpha value is -0.150. The second kappa shape index (κ2) is 1.92. The van der Waals surface area contributed by atoms with Crippen molar-refractivity contribution in [2.45, 2.75) is 5.67 Å². The Kier molecular flexibility index (Phi) is 1.26. The van der Waals surface area contributed by atoms with Crippen LogP contribution in [0, 0.1) is 12.5 Å². The van der Waals surface area contributed by atoms with E-state index in [1.165, 1.54) is 0 Å². The summed E-state index contributed by atoms with van der Waals surface area (Å²) in [6, 6.07) is 0. The largest absolute Gasteiger partial charge is 0.313 e. The zero-order chi connectivity index (χ0) is 7.19. The number of halogens is 1. The quantitative estimate of drug-likeness (QED) is 0.514. The Morgan fingerprint density at radius 2 is 2.60 bits per heavy atom. The SMILES string of the molecule is CN1[CH]C2CNCC2(F)C1. The fourth-order valence-corrected chi connectivity index (χ4v) is 1.88. The average Bonchev–Trinajstić information content (AvgIpc) is 2.20. The van der Waals surface area contributed by atoms with E-state index in [9.17, 15) is 4.39 Å². The molecule has 0 aromatic rings. The lowest BCUT2D eigenvalue weighted by atomic mass is 9.97. The number of rotatable bonds is 0. The van der Waals surface area contributed by atoms with Crippen molar-refractivity contribution in [1.29, 1.82) is 0 Å². The number of hydrogen-bond donors (Lipinski definition) is 1. The Morgan fingerprint density at radius 3 is 3.30 bits per heavy atom. The molecule has 0 spiro atoms. The topological polar surface area (TPSA) is 15.3 Å². The highest BCUT2D eigenvalue weighted by Gasteiger charge is 2.49. The normalized spacial score (nSPS) is 48.0. The molecule has 0 aromatic heterocycles. The third-order valence-corrected chi connectivity index (χ3v) is 2.39. The van der Waals surface area contributed by atoms with Gasteiger partial charge in [-0.1, -0.05) is 0 Å². The summed E-state index contributed by atoms with van der Waals surface area (Å²) in [5, 5.41) is 3.05. The summed E-state index contributed by atoms with van der Waals surface area (Å²) in [5.41, 5.74) is -0.964. The van der Waals surface area contributed by atoms with Crippen molar-refractivity contribution in [2.24, 2.45) is 5.92 Å². The molecule has 3 heteroatoms. The van der Waals surface area contributed by atoms with Gasteiger partial charge < -0.3 is 5.32 Å². The minimum absolute atomic E-state index is 0.123. The molecule has 1 radical (unpaired) electrons.